The van der Waals surface area contributed by atoms with E-state index in [0.29, 0.717) is 37.1 Å². The van der Waals surface area contributed by atoms with Crippen LogP contribution in [-0.4, -0.2) is 36.0 Å². The molecule has 1 aromatic carbocycles. The molecule has 0 radical (unpaired) electrons. The van der Waals surface area contributed by atoms with E-state index in [1.165, 1.54) is 7.11 Å². The van der Waals surface area contributed by atoms with E-state index in [4.69, 9.17) is 4.74 Å². The van der Waals surface area contributed by atoms with Gasteiger partial charge in [-0.3, -0.25) is 19.5 Å². The van der Waals surface area contributed by atoms with E-state index in [-0.39, 0.29) is 23.7 Å². The fourth-order valence-corrected chi connectivity index (χ4v) is 4.54. The summed E-state index contributed by atoms with van der Waals surface area (Å²) in [5, 5.41) is 10.9. The monoisotopic (exact) mass is 421 g/mol. The Morgan fingerprint density at radius 3 is 2.84 bits per heavy atom. The number of carbonyl (C=O) groups is 2. The van der Waals surface area contributed by atoms with Crippen LogP contribution >= 0.6 is 0 Å². The molecule has 1 atom stereocenters. The summed E-state index contributed by atoms with van der Waals surface area (Å²) >= 11 is 0. The zero-order valence-corrected chi connectivity index (χ0v) is 18.2. The third-order valence-corrected chi connectivity index (χ3v) is 6.20. The van der Waals surface area contributed by atoms with Gasteiger partial charge in [0.25, 0.3) is 0 Å². The fourth-order valence-electron chi connectivity index (χ4n) is 4.54. The maximum Gasteiger partial charge on any atom is 0.220 e. The van der Waals surface area contributed by atoms with Gasteiger partial charge < -0.3 is 9.84 Å². The summed E-state index contributed by atoms with van der Waals surface area (Å²) in [6.07, 6.45) is 12.3. The normalized spacial score (nSPS) is 18.8. The van der Waals surface area contributed by atoms with Crippen molar-refractivity contribution in [3.05, 3.63) is 46.8 Å². The first-order valence-corrected chi connectivity index (χ1v) is 11.0. The van der Waals surface area contributed by atoms with Crippen molar-refractivity contribution in [2.75, 3.05) is 13.7 Å². The number of hydrogen-bond acceptors (Lipinski definition) is 5. The maximum absolute atomic E-state index is 12.7. The second kappa shape index (κ2) is 9.02. The Bertz CT molecular complexity index is 1050. The Balaban J connectivity index is 1.61. The number of phenolic OH excluding ortho intramolecular Hbond substituents is 1. The van der Waals surface area contributed by atoms with E-state index in [1.54, 1.807) is 12.3 Å². The molecule has 1 aliphatic carbocycles. The minimum Gasteiger partial charge on any atom is -0.500 e. The van der Waals surface area contributed by atoms with E-state index in [9.17, 15) is 14.7 Å². The smallest absolute Gasteiger partial charge is 0.220 e. The molecule has 6 nitrogen and oxygen atoms in total. The second-order valence-corrected chi connectivity index (χ2v) is 8.33. The molecule has 0 fully saturated rings. The maximum atomic E-state index is 12.7. The fraction of sp³-hybridized carbons (Fsp3) is 0.400. The zero-order valence-electron chi connectivity index (χ0n) is 18.2. The zero-order chi connectivity index (χ0) is 22.0. The van der Waals surface area contributed by atoms with Gasteiger partial charge in [0, 0.05) is 18.2 Å². The molecule has 1 unspecified atom stereocenters. The number of phenols is 1. The van der Waals surface area contributed by atoms with Crippen LogP contribution in [0.5, 0.6) is 11.5 Å². The number of quaternary nitrogens is 1. The molecule has 2 N–H and O–H groups in total. The SMILES string of the molecule is CCCCCC(=O)CC(=O)C1=Cc2cc(OC)c(O)c([NH+]3C=C4C=CN=C4C3)c2CC1. The molecule has 0 amide bonds. The number of ketones is 2. The largest absolute Gasteiger partial charge is 0.500 e. The number of fused-ring (bicyclic) bond motifs is 2. The Hall–Kier alpha value is -2.99. The van der Waals surface area contributed by atoms with E-state index in [1.807, 2.05) is 12.2 Å². The number of allylic oxidation sites excluding steroid dienone is 2. The molecule has 0 saturated heterocycles. The number of benzene rings is 1. The third-order valence-electron chi connectivity index (χ3n) is 6.20. The molecule has 1 aromatic rings. The van der Waals surface area contributed by atoms with Crippen LogP contribution in [0, 0.1) is 0 Å². The van der Waals surface area contributed by atoms with E-state index in [2.05, 4.69) is 18.1 Å². The van der Waals surface area contributed by atoms with Crippen LogP contribution in [0.4, 0.5) is 5.69 Å². The summed E-state index contributed by atoms with van der Waals surface area (Å²) in [4.78, 5) is 30.3. The molecule has 2 aliphatic heterocycles. The van der Waals surface area contributed by atoms with Gasteiger partial charge in [-0.25, -0.2) is 0 Å². The lowest BCUT2D eigenvalue weighted by Gasteiger charge is -2.23. The van der Waals surface area contributed by atoms with Crippen LogP contribution < -0.4 is 9.64 Å². The van der Waals surface area contributed by atoms with Crippen molar-refractivity contribution in [2.45, 2.75) is 51.9 Å². The molecular weight excluding hydrogens is 392 g/mol. The number of nitrogens with one attached hydrogen (secondary N) is 1. The Morgan fingerprint density at radius 2 is 2.10 bits per heavy atom. The van der Waals surface area contributed by atoms with Gasteiger partial charge in [0.1, 0.15) is 24.2 Å². The standard InChI is InChI=1S/C25H28N2O4/c1-3-4-5-6-19(28)13-22(29)16-7-8-20-18(11-16)12-23(31-2)25(30)24(20)27-14-17-9-10-26-21(17)15-27/h9-12,14,30H,3-8,13,15H2,1-2H3/p+1. The number of Topliss-reactive ketones (excluding diaryl/α,β-unsaturated/α-hetero) is 2. The number of aliphatic imine (C=N–C) groups is 1. The molecule has 3 aliphatic rings. The molecule has 0 aromatic heterocycles. The molecule has 6 heteroatoms. The van der Waals surface area contributed by atoms with Gasteiger partial charge in [-0.15, -0.1) is 0 Å². The van der Waals surface area contributed by atoms with Gasteiger partial charge in [-0.05, 0) is 48.6 Å². The summed E-state index contributed by atoms with van der Waals surface area (Å²) < 4.78 is 5.42. The van der Waals surface area contributed by atoms with Gasteiger partial charge in [0.2, 0.25) is 5.75 Å². The lowest BCUT2D eigenvalue weighted by atomic mass is 9.87. The third kappa shape index (κ3) is 4.26. The van der Waals surface area contributed by atoms with Gasteiger partial charge in [0.05, 0.1) is 19.1 Å². The summed E-state index contributed by atoms with van der Waals surface area (Å²) in [5.74, 6) is 0.440. The lowest BCUT2D eigenvalue weighted by molar-refractivity contribution is -0.760. The highest BCUT2D eigenvalue weighted by Crippen LogP contribution is 2.41. The predicted molar refractivity (Wildman–Crippen MR) is 120 cm³/mol. The van der Waals surface area contributed by atoms with Crippen molar-refractivity contribution in [3.8, 4) is 11.5 Å². The average Bonchev–Trinajstić information content (AvgIpc) is 3.35. The molecule has 4 rings (SSSR count). The Morgan fingerprint density at radius 1 is 1.26 bits per heavy atom. The molecule has 0 bridgehead atoms. The molecule has 162 valence electrons. The minimum atomic E-state index is -0.0922. The summed E-state index contributed by atoms with van der Waals surface area (Å²) in [5.41, 5.74) is 5.43. The van der Waals surface area contributed by atoms with Crippen LogP contribution in [-0.2, 0) is 16.0 Å². The van der Waals surface area contributed by atoms with E-state index in [0.717, 1.165) is 52.3 Å². The number of methoxy groups -OCH3 is 1. The van der Waals surface area contributed by atoms with Crippen LogP contribution in [0.15, 0.2) is 40.7 Å². The first-order valence-electron chi connectivity index (χ1n) is 11.0. The minimum absolute atomic E-state index is 0.0163. The van der Waals surface area contributed by atoms with Gasteiger partial charge in [0.15, 0.2) is 17.2 Å². The van der Waals surface area contributed by atoms with Crippen molar-refractivity contribution in [2.24, 2.45) is 4.99 Å². The molecular formula is C25H29N2O4+. The first-order chi connectivity index (χ1) is 15.0. The van der Waals surface area contributed by atoms with Crippen molar-refractivity contribution >= 4 is 29.0 Å². The molecule has 0 spiro atoms. The molecule has 0 saturated carbocycles. The average molecular weight is 422 g/mol. The van der Waals surface area contributed by atoms with Crippen LogP contribution in [0.3, 0.4) is 0 Å². The first kappa shape index (κ1) is 21.2. The topological polar surface area (TPSA) is 80.4 Å². The quantitative estimate of drug-likeness (QED) is 0.365. The van der Waals surface area contributed by atoms with Crippen molar-refractivity contribution in [1.29, 1.82) is 0 Å². The van der Waals surface area contributed by atoms with Crippen molar-refractivity contribution in [3.63, 3.8) is 0 Å². The highest BCUT2D eigenvalue weighted by atomic mass is 16.5. The number of unbranched alkanes of at least 4 members (excludes halogenated alkanes) is 2. The molecule has 31 heavy (non-hydrogen) atoms. The highest BCUT2D eigenvalue weighted by molar-refractivity contribution is 6.10. The number of nitrogens with zero attached hydrogens (tertiary/aromatic N) is 1. The lowest BCUT2D eigenvalue weighted by Crippen LogP contribution is -3.01. The summed E-state index contributed by atoms with van der Waals surface area (Å²) in [6.45, 7) is 2.76. The van der Waals surface area contributed by atoms with Gasteiger partial charge >= 0.3 is 0 Å². The number of aromatic hydroxyl groups is 1. The summed E-state index contributed by atoms with van der Waals surface area (Å²) in [7, 11) is 1.53. The van der Waals surface area contributed by atoms with Gasteiger partial charge in [-0.1, -0.05) is 19.8 Å². The predicted octanol–water partition coefficient (Wildman–Crippen LogP) is 3.22. The number of ether oxygens (including phenoxy) is 1. The van der Waals surface area contributed by atoms with Crippen LogP contribution in [0.25, 0.3) is 6.08 Å². The highest BCUT2D eigenvalue weighted by Gasteiger charge is 2.34. The van der Waals surface area contributed by atoms with Gasteiger partial charge in [-0.2, -0.15) is 0 Å². The second-order valence-electron chi connectivity index (χ2n) is 8.33. The number of hydrogen-bond donors (Lipinski definition) is 2. The Kier molecular flexibility index (Phi) is 6.18. The number of carbonyl (C=O) groups excluding carboxylic acids is 2. The van der Waals surface area contributed by atoms with E-state index < -0.39 is 0 Å². The van der Waals surface area contributed by atoms with Crippen LogP contribution in [0.1, 0.15) is 56.6 Å². The van der Waals surface area contributed by atoms with Crippen molar-refractivity contribution < 1.29 is 24.3 Å². The van der Waals surface area contributed by atoms with E-state index >= 15 is 0 Å². The summed E-state index contributed by atoms with van der Waals surface area (Å²) in [6, 6.07) is 1.78. The van der Waals surface area contributed by atoms with Crippen LogP contribution in [0.2, 0.25) is 0 Å². The Labute approximate surface area is 182 Å². The van der Waals surface area contributed by atoms with Crippen molar-refractivity contribution in [1.82, 2.24) is 0 Å². The number of rotatable bonds is 9. The molecule has 2 heterocycles.